The first kappa shape index (κ1) is 12.6. The third kappa shape index (κ3) is 2.68. The van der Waals surface area contributed by atoms with Gasteiger partial charge in [0.2, 0.25) is 0 Å². The first-order chi connectivity index (χ1) is 8.09. The number of halogens is 3. The van der Waals surface area contributed by atoms with Gasteiger partial charge < -0.3 is 5.73 Å². The van der Waals surface area contributed by atoms with Crippen LogP contribution >= 0.6 is 27.5 Å². The quantitative estimate of drug-likeness (QED) is 0.879. The zero-order valence-corrected chi connectivity index (χ0v) is 11.2. The molecule has 2 N–H and O–H groups in total. The molecule has 0 amide bonds. The van der Waals surface area contributed by atoms with E-state index >= 15 is 0 Å². The van der Waals surface area contributed by atoms with Crippen molar-refractivity contribution in [3.8, 4) is 0 Å². The van der Waals surface area contributed by atoms with E-state index in [1.165, 1.54) is 12.1 Å². The Labute approximate surface area is 113 Å². The topological polar surface area (TPSA) is 26.0 Å². The average Bonchev–Trinajstić information content (AvgIpc) is 2.29. The van der Waals surface area contributed by atoms with Gasteiger partial charge in [0.1, 0.15) is 5.82 Å². The lowest BCUT2D eigenvalue weighted by molar-refractivity contribution is 0.625. The molecule has 17 heavy (non-hydrogen) atoms. The Morgan fingerprint density at radius 3 is 2.47 bits per heavy atom. The molecule has 1 nitrogen and oxygen atoms in total. The monoisotopic (exact) mass is 313 g/mol. The first-order valence-electron chi connectivity index (χ1n) is 5.04. The smallest absolute Gasteiger partial charge is 0.124 e. The molecule has 0 aliphatic rings. The Morgan fingerprint density at radius 2 is 1.82 bits per heavy atom. The number of nitrogens with two attached hydrogens (primary N) is 1. The van der Waals surface area contributed by atoms with Crippen molar-refractivity contribution in [1.82, 2.24) is 0 Å². The Kier molecular flexibility index (Phi) is 3.82. The van der Waals surface area contributed by atoms with Crippen LogP contribution in [0.1, 0.15) is 17.2 Å². The summed E-state index contributed by atoms with van der Waals surface area (Å²) >= 11 is 9.39. The maximum atomic E-state index is 13.0. The van der Waals surface area contributed by atoms with Crippen LogP contribution in [-0.4, -0.2) is 0 Å². The summed E-state index contributed by atoms with van der Waals surface area (Å²) in [6.45, 7) is 0. The van der Waals surface area contributed by atoms with Crippen LogP contribution in [0.5, 0.6) is 0 Å². The maximum Gasteiger partial charge on any atom is 0.124 e. The molecular formula is C13H10BrClFN. The number of benzene rings is 2. The molecular weight excluding hydrogens is 305 g/mol. The first-order valence-corrected chi connectivity index (χ1v) is 6.21. The van der Waals surface area contributed by atoms with Crippen LogP contribution in [0.4, 0.5) is 4.39 Å². The molecule has 1 atom stereocenters. The minimum atomic E-state index is -0.376. The van der Waals surface area contributed by atoms with Crippen LogP contribution < -0.4 is 5.73 Å². The fourth-order valence-corrected chi connectivity index (χ4v) is 2.50. The second-order valence-electron chi connectivity index (χ2n) is 3.67. The average molecular weight is 315 g/mol. The van der Waals surface area contributed by atoms with Gasteiger partial charge >= 0.3 is 0 Å². The van der Waals surface area contributed by atoms with Crippen molar-refractivity contribution in [3.63, 3.8) is 0 Å². The third-order valence-electron chi connectivity index (χ3n) is 2.54. The van der Waals surface area contributed by atoms with Gasteiger partial charge in [-0.3, -0.25) is 0 Å². The lowest BCUT2D eigenvalue weighted by Crippen LogP contribution is -2.13. The van der Waals surface area contributed by atoms with Crippen molar-refractivity contribution in [3.05, 3.63) is 68.9 Å². The van der Waals surface area contributed by atoms with Crippen molar-refractivity contribution in [2.45, 2.75) is 6.04 Å². The summed E-state index contributed by atoms with van der Waals surface area (Å²) < 4.78 is 13.6. The van der Waals surface area contributed by atoms with Crippen molar-refractivity contribution in [2.24, 2.45) is 5.73 Å². The van der Waals surface area contributed by atoms with Gasteiger partial charge in [-0.05, 0) is 29.3 Å². The maximum absolute atomic E-state index is 13.0. The summed E-state index contributed by atoms with van der Waals surface area (Å²) in [5.41, 5.74) is 7.76. The molecule has 0 aliphatic heterocycles. The highest BCUT2D eigenvalue weighted by atomic mass is 79.9. The largest absolute Gasteiger partial charge is 0.320 e. The van der Waals surface area contributed by atoms with E-state index in [-0.39, 0.29) is 11.9 Å². The predicted octanol–water partition coefficient (Wildman–Crippen LogP) is 4.29. The van der Waals surface area contributed by atoms with Crippen LogP contribution in [0, 0.1) is 5.82 Å². The molecule has 0 fully saturated rings. The summed E-state index contributed by atoms with van der Waals surface area (Å²) in [6.07, 6.45) is 0. The molecule has 2 aromatic carbocycles. The number of hydrogen-bond donors (Lipinski definition) is 1. The van der Waals surface area contributed by atoms with Gasteiger partial charge in [0.05, 0.1) is 6.04 Å². The lowest BCUT2D eigenvalue weighted by atomic mass is 10.00. The van der Waals surface area contributed by atoms with E-state index in [2.05, 4.69) is 15.9 Å². The van der Waals surface area contributed by atoms with E-state index in [1.807, 2.05) is 18.2 Å². The SMILES string of the molecule is NC(c1ccccc1Cl)c1ccc(F)cc1Br. The van der Waals surface area contributed by atoms with Gasteiger partial charge in [-0.15, -0.1) is 0 Å². The Balaban J connectivity index is 2.44. The van der Waals surface area contributed by atoms with Crippen LogP contribution in [0.25, 0.3) is 0 Å². The van der Waals surface area contributed by atoms with Gasteiger partial charge in [0, 0.05) is 9.50 Å². The summed E-state index contributed by atoms with van der Waals surface area (Å²) in [4.78, 5) is 0. The minimum Gasteiger partial charge on any atom is -0.320 e. The predicted molar refractivity (Wildman–Crippen MR) is 71.6 cm³/mol. The van der Waals surface area contributed by atoms with E-state index in [4.69, 9.17) is 17.3 Å². The van der Waals surface area contributed by atoms with Gasteiger partial charge in [-0.25, -0.2) is 4.39 Å². The summed E-state index contributed by atoms with van der Waals surface area (Å²) in [5.74, 6) is -0.299. The fourth-order valence-electron chi connectivity index (χ4n) is 1.65. The van der Waals surface area contributed by atoms with Gasteiger partial charge in [0.25, 0.3) is 0 Å². The molecule has 1 unspecified atom stereocenters. The van der Waals surface area contributed by atoms with E-state index < -0.39 is 0 Å². The molecule has 2 aromatic rings. The highest BCUT2D eigenvalue weighted by molar-refractivity contribution is 9.10. The molecule has 0 heterocycles. The highest BCUT2D eigenvalue weighted by Gasteiger charge is 2.15. The molecule has 0 aromatic heterocycles. The molecule has 2 rings (SSSR count). The second kappa shape index (κ2) is 5.17. The molecule has 88 valence electrons. The minimum absolute atomic E-state index is 0.299. The van der Waals surface area contributed by atoms with Crippen LogP contribution in [0.2, 0.25) is 5.02 Å². The molecule has 0 radical (unpaired) electrons. The van der Waals surface area contributed by atoms with Crippen molar-refractivity contribution < 1.29 is 4.39 Å². The molecule has 0 spiro atoms. The second-order valence-corrected chi connectivity index (χ2v) is 4.93. The summed E-state index contributed by atoms with van der Waals surface area (Å²) in [5, 5.41) is 0.608. The molecule has 0 saturated heterocycles. The van der Waals surface area contributed by atoms with Crippen molar-refractivity contribution in [2.75, 3.05) is 0 Å². The summed E-state index contributed by atoms with van der Waals surface area (Å²) in [6, 6.07) is 11.4. The zero-order chi connectivity index (χ0) is 12.4. The van der Waals surface area contributed by atoms with E-state index in [1.54, 1.807) is 12.1 Å². The lowest BCUT2D eigenvalue weighted by Gasteiger charge is -2.15. The van der Waals surface area contributed by atoms with E-state index in [0.29, 0.717) is 9.50 Å². The van der Waals surface area contributed by atoms with Crippen LogP contribution in [0.15, 0.2) is 46.9 Å². The van der Waals surface area contributed by atoms with Crippen LogP contribution in [-0.2, 0) is 0 Å². The van der Waals surface area contributed by atoms with Crippen molar-refractivity contribution >= 4 is 27.5 Å². The van der Waals surface area contributed by atoms with Crippen LogP contribution in [0.3, 0.4) is 0 Å². The molecule has 4 heteroatoms. The van der Waals surface area contributed by atoms with Gasteiger partial charge in [-0.1, -0.05) is 51.8 Å². The number of hydrogen-bond acceptors (Lipinski definition) is 1. The van der Waals surface area contributed by atoms with Gasteiger partial charge in [0.15, 0.2) is 0 Å². The third-order valence-corrected chi connectivity index (χ3v) is 3.57. The van der Waals surface area contributed by atoms with E-state index in [0.717, 1.165) is 11.1 Å². The molecule has 0 saturated carbocycles. The van der Waals surface area contributed by atoms with E-state index in [9.17, 15) is 4.39 Å². The molecule has 0 aliphatic carbocycles. The highest BCUT2D eigenvalue weighted by Crippen LogP contribution is 2.30. The Bertz CT molecular complexity index is 545. The number of rotatable bonds is 2. The normalized spacial score (nSPS) is 12.5. The summed E-state index contributed by atoms with van der Waals surface area (Å²) in [7, 11) is 0. The zero-order valence-electron chi connectivity index (χ0n) is 8.83. The molecule has 0 bridgehead atoms. The fraction of sp³-hybridized carbons (Fsp3) is 0.0769. The van der Waals surface area contributed by atoms with Gasteiger partial charge in [-0.2, -0.15) is 0 Å². The van der Waals surface area contributed by atoms with Crippen molar-refractivity contribution in [1.29, 1.82) is 0 Å². The standard InChI is InChI=1S/C13H10BrClFN/c14-11-7-8(16)5-6-9(11)13(17)10-3-1-2-4-12(10)15/h1-7,13H,17H2. The Morgan fingerprint density at radius 1 is 1.12 bits per heavy atom. The Hall–Kier alpha value is -0.900.